The molecule has 5 rings (SSSR count). The third kappa shape index (κ3) is 3.89. The van der Waals surface area contributed by atoms with E-state index in [-0.39, 0.29) is 40.9 Å². The molecule has 5 nitrogen and oxygen atoms in total. The van der Waals surface area contributed by atoms with E-state index in [0.717, 1.165) is 50.6 Å². The second-order valence-corrected chi connectivity index (χ2v) is 11.7. The Morgan fingerprint density at radius 3 is 2.65 bits per heavy atom. The minimum absolute atomic E-state index is 0.0126. The number of ether oxygens (including phenoxy) is 2. The van der Waals surface area contributed by atoms with Crippen LogP contribution in [0.15, 0.2) is 36.0 Å². The second kappa shape index (κ2) is 8.80. The Morgan fingerprint density at radius 1 is 1.09 bits per heavy atom. The van der Waals surface area contributed by atoms with Crippen LogP contribution in [0.1, 0.15) is 90.9 Å². The summed E-state index contributed by atoms with van der Waals surface area (Å²) in [5, 5.41) is 0. The van der Waals surface area contributed by atoms with Crippen molar-refractivity contribution in [2.75, 3.05) is 0 Å². The molecule has 4 aliphatic carbocycles. The molecule has 8 atom stereocenters. The van der Waals surface area contributed by atoms with Crippen LogP contribution in [0.4, 0.5) is 0 Å². The molecule has 4 aliphatic rings. The number of allylic oxidation sites excluding steroid dienone is 1. The van der Waals surface area contributed by atoms with Gasteiger partial charge in [0.1, 0.15) is 12.2 Å². The zero-order valence-electron chi connectivity index (χ0n) is 21.1. The molecule has 0 N–H and O–H groups in total. The number of esters is 2. The molecule has 1 heterocycles. The molecule has 1 aromatic rings. The fraction of sp³-hybridized carbons (Fsp3) is 0.690. The maximum Gasteiger partial charge on any atom is 0.310 e. The van der Waals surface area contributed by atoms with Gasteiger partial charge in [0.2, 0.25) is 0 Å². The van der Waals surface area contributed by atoms with E-state index in [2.05, 4.69) is 24.9 Å². The minimum Gasteiger partial charge on any atom is -0.462 e. The van der Waals surface area contributed by atoms with Gasteiger partial charge in [-0.3, -0.25) is 14.6 Å². The van der Waals surface area contributed by atoms with Crippen LogP contribution in [-0.2, 0) is 19.1 Å². The monoisotopic (exact) mass is 465 g/mol. The van der Waals surface area contributed by atoms with Gasteiger partial charge in [-0.05, 0) is 92.6 Å². The highest BCUT2D eigenvalue weighted by Gasteiger charge is 2.60. The number of aromatic nitrogens is 1. The van der Waals surface area contributed by atoms with Crippen molar-refractivity contribution in [1.82, 2.24) is 4.98 Å². The van der Waals surface area contributed by atoms with Crippen LogP contribution in [0.2, 0.25) is 0 Å². The number of carbonyl (C=O) groups is 2. The molecule has 0 unspecified atom stereocenters. The van der Waals surface area contributed by atoms with Gasteiger partial charge in [-0.15, -0.1) is 0 Å². The fourth-order valence-electron chi connectivity index (χ4n) is 8.28. The first-order chi connectivity index (χ1) is 16.2. The highest BCUT2D eigenvalue weighted by molar-refractivity contribution is 5.74. The van der Waals surface area contributed by atoms with Crippen LogP contribution in [0.25, 0.3) is 0 Å². The summed E-state index contributed by atoms with van der Waals surface area (Å²) in [5.74, 6) is 1.62. The summed E-state index contributed by atoms with van der Waals surface area (Å²) in [5.41, 5.74) is 2.53. The van der Waals surface area contributed by atoms with Crippen molar-refractivity contribution in [1.29, 1.82) is 0 Å². The van der Waals surface area contributed by atoms with Gasteiger partial charge >= 0.3 is 11.9 Å². The maximum atomic E-state index is 13.4. The van der Waals surface area contributed by atoms with E-state index < -0.39 is 0 Å². The molecule has 0 aromatic carbocycles. The summed E-state index contributed by atoms with van der Waals surface area (Å²) >= 11 is 0. The zero-order chi connectivity index (χ0) is 24.1. The van der Waals surface area contributed by atoms with Crippen LogP contribution in [-0.4, -0.2) is 23.0 Å². The molecule has 3 fully saturated rings. The summed E-state index contributed by atoms with van der Waals surface area (Å²) in [7, 11) is 0. The van der Waals surface area contributed by atoms with E-state index in [0.29, 0.717) is 17.8 Å². The van der Waals surface area contributed by atoms with Crippen molar-refractivity contribution in [3.8, 4) is 0 Å². The summed E-state index contributed by atoms with van der Waals surface area (Å²) in [6.45, 7) is 8.25. The smallest absolute Gasteiger partial charge is 0.310 e. The summed E-state index contributed by atoms with van der Waals surface area (Å²) in [6.07, 6.45) is 12.3. The van der Waals surface area contributed by atoms with Gasteiger partial charge in [-0.2, -0.15) is 0 Å². The minimum atomic E-state index is -0.320. The fourth-order valence-corrected chi connectivity index (χ4v) is 8.28. The molecule has 34 heavy (non-hydrogen) atoms. The van der Waals surface area contributed by atoms with Crippen molar-refractivity contribution >= 4 is 11.9 Å². The Morgan fingerprint density at radius 2 is 1.91 bits per heavy atom. The van der Waals surface area contributed by atoms with Gasteiger partial charge < -0.3 is 9.47 Å². The van der Waals surface area contributed by atoms with Crippen molar-refractivity contribution < 1.29 is 19.1 Å². The molecule has 5 heteroatoms. The van der Waals surface area contributed by atoms with E-state index in [1.54, 1.807) is 6.20 Å². The molecule has 0 radical (unpaired) electrons. The number of nitrogens with zero attached hydrogens (tertiary/aromatic N) is 1. The first-order valence-electron chi connectivity index (χ1n) is 13.2. The number of hydrogen-bond acceptors (Lipinski definition) is 5. The topological polar surface area (TPSA) is 65.5 Å². The number of hydrogen-bond donors (Lipinski definition) is 0. The molecule has 0 bridgehead atoms. The maximum absolute atomic E-state index is 13.4. The van der Waals surface area contributed by atoms with Crippen LogP contribution >= 0.6 is 0 Å². The number of fused-ring (bicyclic) bond motifs is 5. The summed E-state index contributed by atoms with van der Waals surface area (Å²) in [6, 6.07) is 5.74. The third-order valence-electron chi connectivity index (χ3n) is 10.1. The van der Waals surface area contributed by atoms with Gasteiger partial charge in [0, 0.05) is 19.5 Å². The zero-order valence-corrected chi connectivity index (χ0v) is 21.1. The van der Waals surface area contributed by atoms with Crippen LogP contribution in [0.3, 0.4) is 0 Å². The molecule has 184 valence electrons. The second-order valence-electron chi connectivity index (χ2n) is 11.7. The molecular formula is C29H39NO4. The Balaban J connectivity index is 1.31. The molecule has 1 aromatic heterocycles. The van der Waals surface area contributed by atoms with E-state index in [1.807, 2.05) is 25.1 Å². The first kappa shape index (κ1) is 23.6. The largest absolute Gasteiger partial charge is 0.462 e. The van der Waals surface area contributed by atoms with Crippen molar-refractivity contribution in [3.05, 3.63) is 41.7 Å². The van der Waals surface area contributed by atoms with Crippen molar-refractivity contribution in [3.63, 3.8) is 0 Å². The SMILES string of the molecule is CC(=O)O[C@H]1CC[C@@]2(C)C(=CC[C@H]3[C@@H]4CC[C@H](C(=O)O[C@@H](C)c5ccccn5)[C@@]4(C)CC[C@@H]32)C1. The van der Waals surface area contributed by atoms with Crippen LogP contribution in [0.5, 0.6) is 0 Å². The number of rotatable bonds is 4. The predicted molar refractivity (Wildman–Crippen MR) is 129 cm³/mol. The standard InChI is InChI=1S/C29H39NO4/c1-18(26-7-5-6-16-30-26)33-27(32)25-11-10-23-22-9-8-20-17-21(34-19(2)31)12-14-28(20,3)24(22)13-15-29(23,25)4/h5-8,16,18,21-25H,9-15,17H2,1-4H3/t18-,21-,22-,23-,24-,25+,28-,29-/m0/s1. The average molecular weight is 466 g/mol. The first-order valence-corrected chi connectivity index (χ1v) is 13.2. The van der Waals surface area contributed by atoms with E-state index in [4.69, 9.17) is 9.47 Å². The van der Waals surface area contributed by atoms with Gasteiger partial charge in [0.05, 0.1) is 11.6 Å². The normalized spacial score (nSPS) is 39.6. The molecule has 0 amide bonds. The van der Waals surface area contributed by atoms with Gasteiger partial charge in [-0.25, -0.2) is 0 Å². The van der Waals surface area contributed by atoms with E-state index >= 15 is 0 Å². The highest BCUT2D eigenvalue weighted by atomic mass is 16.5. The lowest BCUT2D eigenvalue weighted by Crippen LogP contribution is -2.51. The van der Waals surface area contributed by atoms with Crippen LogP contribution < -0.4 is 0 Å². The highest BCUT2D eigenvalue weighted by Crippen LogP contribution is 2.66. The average Bonchev–Trinajstić information content (AvgIpc) is 3.17. The quantitative estimate of drug-likeness (QED) is 0.391. The molecule has 0 saturated heterocycles. The van der Waals surface area contributed by atoms with Gasteiger partial charge in [0.25, 0.3) is 0 Å². The molecule has 3 saturated carbocycles. The Hall–Kier alpha value is -2.17. The van der Waals surface area contributed by atoms with Gasteiger partial charge in [0.15, 0.2) is 0 Å². The van der Waals surface area contributed by atoms with Crippen LogP contribution in [0, 0.1) is 34.5 Å². The van der Waals surface area contributed by atoms with Gasteiger partial charge in [-0.1, -0.05) is 31.6 Å². The lowest BCUT2D eigenvalue weighted by molar-refractivity contribution is -0.161. The molecule has 0 spiro atoms. The van der Waals surface area contributed by atoms with E-state index in [9.17, 15) is 9.59 Å². The predicted octanol–water partition coefficient (Wildman–Crippen LogP) is 6.20. The van der Waals surface area contributed by atoms with Crippen molar-refractivity contribution in [2.24, 2.45) is 34.5 Å². The third-order valence-corrected chi connectivity index (χ3v) is 10.1. The Kier molecular flexibility index (Phi) is 6.10. The Bertz CT molecular complexity index is 974. The number of pyridine rings is 1. The molecule has 0 aliphatic heterocycles. The van der Waals surface area contributed by atoms with Crippen molar-refractivity contribution in [2.45, 2.75) is 91.3 Å². The number of carbonyl (C=O) groups excluding carboxylic acids is 2. The Labute approximate surface area is 203 Å². The lowest BCUT2D eigenvalue weighted by atomic mass is 9.47. The summed E-state index contributed by atoms with van der Waals surface area (Å²) in [4.78, 5) is 29.2. The molecular weight excluding hydrogens is 426 g/mol. The van der Waals surface area contributed by atoms with E-state index in [1.165, 1.54) is 18.9 Å². The lowest BCUT2D eigenvalue weighted by Gasteiger charge is -2.57. The summed E-state index contributed by atoms with van der Waals surface area (Å²) < 4.78 is 11.5.